The molecule has 1 atom stereocenters. The van der Waals surface area contributed by atoms with Crippen LogP contribution < -0.4 is 15.4 Å². The van der Waals surface area contributed by atoms with E-state index in [4.69, 9.17) is 0 Å². The van der Waals surface area contributed by atoms with Gasteiger partial charge in [-0.2, -0.15) is 13.2 Å². The largest absolute Gasteiger partial charge is 0.573 e. The van der Waals surface area contributed by atoms with E-state index in [2.05, 4.69) is 41.0 Å². The van der Waals surface area contributed by atoms with E-state index in [1.165, 1.54) is 6.20 Å². The minimum Gasteiger partial charge on any atom is -0.406 e. The van der Waals surface area contributed by atoms with Gasteiger partial charge >= 0.3 is 12.5 Å². The molecule has 3 aromatic heterocycles. The molecular weight excluding hydrogens is 626 g/mol. The summed E-state index contributed by atoms with van der Waals surface area (Å²) in [6.45, 7) is -1.12. The average molecular weight is 647 g/mol. The van der Waals surface area contributed by atoms with Crippen LogP contribution in [0.2, 0.25) is 0 Å². The molecule has 2 amide bonds. The number of nitrogens with one attached hydrogen (secondary N) is 2. The van der Waals surface area contributed by atoms with Gasteiger partial charge in [0.1, 0.15) is 17.7 Å². The van der Waals surface area contributed by atoms with Crippen LogP contribution in [-0.4, -0.2) is 59.3 Å². The van der Waals surface area contributed by atoms with Gasteiger partial charge in [-0.15, -0.1) is 23.4 Å². The molecule has 20 heteroatoms. The van der Waals surface area contributed by atoms with E-state index in [-0.39, 0.29) is 48.6 Å². The van der Waals surface area contributed by atoms with E-state index >= 15 is 0 Å². The highest BCUT2D eigenvalue weighted by Gasteiger charge is 2.32. The Kier molecular flexibility index (Phi) is 9.92. The molecule has 1 aromatic carbocycles. The summed E-state index contributed by atoms with van der Waals surface area (Å²) < 4.78 is 110. The van der Waals surface area contributed by atoms with Gasteiger partial charge in [0.05, 0.1) is 24.5 Å². The third-order valence-electron chi connectivity index (χ3n) is 5.86. The summed E-state index contributed by atoms with van der Waals surface area (Å²) in [6.07, 6.45) is -7.09. The number of halogens is 8. The lowest BCUT2D eigenvalue weighted by molar-refractivity contribution is -0.274. The molecule has 12 nitrogen and oxygen atoms in total. The summed E-state index contributed by atoms with van der Waals surface area (Å²) in [5.74, 6) is -3.13. The molecular formula is C25H21F8N9O3. The number of hydrogen-bond donors (Lipinski definition) is 2. The number of carbonyl (C=O) groups excluding carboxylic acids is 2. The number of aromatic nitrogens is 7. The molecule has 1 unspecified atom stereocenters. The first-order valence-corrected chi connectivity index (χ1v) is 12.7. The van der Waals surface area contributed by atoms with Crippen LogP contribution in [0.4, 0.5) is 35.1 Å². The Labute approximate surface area is 247 Å². The molecule has 3 heterocycles. The van der Waals surface area contributed by atoms with Crippen molar-refractivity contribution in [3.8, 4) is 5.75 Å². The molecule has 0 spiro atoms. The normalized spacial score (nSPS) is 12.5. The Hall–Kier alpha value is -5.17. The van der Waals surface area contributed by atoms with E-state index in [1.807, 2.05) is 0 Å². The molecule has 240 valence electrons. The lowest BCUT2D eigenvalue weighted by atomic mass is 10.2. The van der Waals surface area contributed by atoms with Gasteiger partial charge in [0.25, 0.3) is 11.8 Å². The van der Waals surface area contributed by atoms with Crippen LogP contribution in [0.5, 0.6) is 5.75 Å². The lowest BCUT2D eigenvalue weighted by Gasteiger charge is -2.11. The van der Waals surface area contributed by atoms with Crippen molar-refractivity contribution in [1.82, 2.24) is 45.6 Å². The van der Waals surface area contributed by atoms with Crippen LogP contribution >= 0.6 is 0 Å². The zero-order valence-corrected chi connectivity index (χ0v) is 22.6. The smallest absolute Gasteiger partial charge is 0.406 e. The third-order valence-corrected chi connectivity index (χ3v) is 5.86. The molecule has 4 rings (SSSR count). The number of benzene rings is 1. The van der Waals surface area contributed by atoms with Crippen LogP contribution in [0.3, 0.4) is 0 Å². The van der Waals surface area contributed by atoms with Gasteiger partial charge in [-0.25, -0.2) is 13.5 Å². The number of pyridine rings is 1. The molecule has 0 bridgehead atoms. The summed E-state index contributed by atoms with van der Waals surface area (Å²) in [5, 5.41) is 19.3. The Morgan fingerprint density at radius 1 is 0.889 bits per heavy atom. The Morgan fingerprint density at radius 3 is 2.20 bits per heavy atom. The fourth-order valence-corrected chi connectivity index (χ4v) is 3.73. The fraction of sp³-hybridized carbons (Fsp3) is 0.320. The molecule has 0 fully saturated rings. The standard InChI is InChI=1S/C25H21F8N9O3/c26-17(11-42-13-21(38-40-42)22(43)35-8-14-5-16(10-34-7-14)24(28,29)30)3-4-41-12-20(37-39-41)23(44)36-9-15-6-18(1-2-19(15)27)45-25(31,32)33/h1-2,5-7,10,12-13,17H,3-4,8-9,11H2,(H,35,43)(H,36,44). The van der Waals surface area contributed by atoms with E-state index in [9.17, 15) is 44.7 Å². The fourth-order valence-electron chi connectivity index (χ4n) is 3.73. The van der Waals surface area contributed by atoms with E-state index in [0.717, 1.165) is 46.0 Å². The molecule has 0 aliphatic rings. The van der Waals surface area contributed by atoms with Crippen molar-refractivity contribution < 1.29 is 49.4 Å². The SMILES string of the molecule is O=C(NCc1cc(OC(F)(F)F)ccc1F)c1cn(CCC(F)Cn2cc(C(=O)NCc3cncc(C(F)(F)F)c3)nn2)nn1. The summed E-state index contributed by atoms with van der Waals surface area (Å²) in [4.78, 5) is 28.1. The predicted octanol–water partition coefficient (Wildman–Crippen LogP) is 3.61. The first kappa shape index (κ1) is 32.7. The maximum absolute atomic E-state index is 14.6. The molecule has 0 aliphatic carbocycles. The molecule has 45 heavy (non-hydrogen) atoms. The third kappa shape index (κ3) is 9.66. The second-order valence-corrected chi connectivity index (χ2v) is 9.32. The average Bonchev–Trinajstić information content (AvgIpc) is 3.64. The van der Waals surface area contributed by atoms with Gasteiger partial charge in [0, 0.05) is 44.0 Å². The van der Waals surface area contributed by atoms with Gasteiger partial charge in [0.2, 0.25) is 0 Å². The highest BCUT2D eigenvalue weighted by molar-refractivity contribution is 5.92. The van der Waals surface area contributed by atoms with Crippen molar-refractivity contribution >= 4 is 11.8 Å². The summed E-state index contributed by atoms with van der Waals surface area (Å²) in [7, 11) is 0. The number of alkyl halides is 7. The predicted molar refractivity (Wildman–Crippen MR) is 134 cm³/mol. The Morgan fingerprint density at radius 2 is 1.53 bits per heavy atom. The minimum atomic E-state index is -4.98. The molecule has 0 radical (unpaired) electrons. The Balaban J connectivity index is 1.22. The van der Waals surface area contributed by atoms with Crippen LogP contribution in [-0.2, 0) is 32.4 Å². The summed E-state index contributed by atoms with van der Waals surface area (Å²) >= 11 is 0. The molecule has 0 aliphatic heterocycles. The van der Waals surface area contributed by atoms with Crippen molar-refractivity contribution in [2.45, 2.75) is 51.3 Å². The highest BCUT2D eigenvalue weighted by atomic mass is 19.4. The number of carbonyl (C=O) groups is 2. The van der Waals surface area contributed by atoms with E-state index in [0.29, 0.717) is 6.20 Å². The van der Waals surface area contributed by atoms with E-state index in [1.54, 1.807) is 0 Å². The second-order valence-electron chi connectivity index (χ2n) is 9.32. The van der Waals surface area contributed by atoms with Crippen LogP contribution in [0.15, 0.2) is 49.1 Å². The minimum absolute atomic E-state index is 0.0417. The van der Waals surface area contributed by atoms with Gasteiger partial charge in [-0.1, -0.05) is 10.4 Å². The summed E-state index contributed by atoms with van der Waals surface area (Å²) in [6, 6.07) is 3.15. The maximum atomic E-state index is 14.6. The first-order chi connectivity index (χ1) is 21.2. The number of nitrogens with zero attached hydrogens (tertiary/aromatic N) is 7. The molecule has 4 aromatic rings. The van der Waals surface area contributed by atoms with Crippen molar-refractivity contribution in [3.05, 3.63) is 82.9 Å². The molecule has 2 N–H and O–H groups in total. The zero-order valence-electron chi connectivity index (χ0n) is 22.6. The summed E-state index contributed by atoms with van der Waals surface area (Å²) in [5.41, 5.74) is -1.57. The van der Waals surface area contributed by atoms with Crippen molar-refractivity contribution in [2.75, 3.05) is 0 Å². The monoisotopic (exact) mass is 647 g/mol. The van der Waals surface area contributed by atoms with Crippen LogP contribution in [0.25, 0.3) is 0 Å². The second kappa shape index (κ2) is 13.6. The Bertz CT molecular complexity index is 1640. The topological polar surface area (TPSA) is 142 Å². The maximum Gasteiger partial charge on any atom is 0.573 e. The first-order valence-electron chi connectivity index (χ1n) is 12.7. The number of rotatable bonds is 12. The number of amides is 2. The quantitative estimate of drug-likeness (QED) is 0.222. The van der Waals surface area contributed by atoms with Crippen LogP contribution in [0, 0.1) is 5.82 Å². The van der Waals surface area contributed by atoms with Crippen LogP contribution in [0.1, 0.15) is 44.1 Å². The van der Waals surface area contributed by atoms with Gasteiger partial charge < -0.3 is 15.4 Å². The zero-order chi connectivity index (χ0) is 32.8. The number of hydrogen-bond acceptors (Lipinski definition) is 8. The van der Waals surface area contributed by atoms with Gasteiger partial charge in [-0.3, -0.25) is 19.3 Å². The number of ether oxygens (including phenoxy) is 1. The van der Waals surface area contributed by atoms with Crippen molar-refractivity contribution in [1.29, 1.82) is 0 Å². The molecule has 0 saturated carbocycles. The highest BCUT2D eigenvalue weighted by Crippen LogP contribution is 2.29. The van der Waals surface area contributed by atoms with Gasteiger partial charge in [0.15, 0.2) is 11.4 Å². The van der Waals surface area contributed by atoms with Crippen molar-refractivity contribution in [3.63, 3.8) is 0 Å². The van der Waals surface area contributed by atoms with E-state index < -0.39 is 54.2 Å². The lowest BCUT2D eigenvalue weighted by Crippen LogP contribution is -2.24. The molecule has 0 saturated heterocycles. The van der Waals surface area contributed by atoms with Crippen molar-refractivity contribution in [2.24, 2.45) is 0 Å². The van der Waals surface area contributed by atoms with Gasteiger partial charge in [-0.05, 0) is 29.8 Å². The number of aryl methyl sites for hydroxylation is 1.